The molecule has 0 saturated heterocycles. The van der Waals surface area contributed by atoms with Gasteiger partial charge in [-0.2, -0.15) is 0 Å². The zero-order valence-electron chi connectivity index (χ0n) is 11.1. The number of hydrogen-bond donors (Lipinski definition) is 1. The molecule has 0 spiro atoms. The number of anilines is 1. The molecule has 100 valence electrons. The molecule has 5 heteroatoms. The van der Waals surface area contributed by atoms with E-state index in [9.17, 15) is 4.79 Å². The Morgan fingerprint density at radius 3 is 2.84 bits per heavy atom. The Kier molecular flexibility index (Phi) is 3.85. The monoisotopic (exact) mass is 260 g/mol. The second-order valence-electron chi connectivity index (χ2n) is 4.33. The van der Waals surface area contributed by atoms with E-state index in [-0.39, 0.29) is 5.91 Å². The Morgan fingerprint density at radius 2 is 2.16 bits per heavy atom. The molecule has 0 aliphatic heterocycles. The van der Waals surface area contributed by atoms with Crippen molar-refractivity contribution in [2.45, 2.75) is 26.9 Å². The van der Waals surface area contributed by atoms with Crippen LogP contribution in [-0.2, 0) is 4.79 Å². The summed E-state index contributed by atoms with van der Waals surface area (Å²) in [5.41, 5.74) is 2.16. The van der Waals surface area contributed by atoms with Crippen molar-refractivity contribution in [1.29, 1.82) is 0 Å². The minimum atomic E-state index is -0.614. The maximum Gasteiger partial charge on any atom is 0.266 e. The summed E-state index contributed by atoms with van der Waals surface area (Å²) in [5.74, 6) is 0.819. The zero-order valence-corrected chi connectivity index (χ0v) is 11.1. The molecular weight excluding hydrogens is 244 g/mol. The van der Waals surface area contributed by atoms with Gasteiger partial charge in [0.15, 0.2) is 11.9 Å². The molecule has 0 aliphatic carbocycles. The second-order valence-corrected chi connectivity index (χ2v) is 4.33. The van der Waals surface area contributed by atoms with Gasteiger partial charge in [-0.15, -0.1) is 0 Å². The summed E-state index contributed by atoms with van der Waals surface area (Å²) in [6.07, 6.45) is 0.781. The molecule has 1 N–H and O–H groups in total. The highest BCUT2D eigenvalue weighted by Crippen LogP contribution is 2.21. The summed E-state index contributed by atoms with van der Waals surface area (Å²) in [6, 6.07) is 7.33. The Morgan fingerprint density at radius 1 is 1.37 bits per heavy atom. The number of carbonyl (C=O) groups excluding carboxylic acids is 1. The van der Waals surface area contributed by atoms with Gasteiger partial charge in [0.05, 0.1) is 0 Å². The van der Waals surface area contributed by atoms with Crippen molar-refractivity contribution in [3.8, 4) is 5.75 Å². The van der Waals surface area contributed by atoms with Gasteiger partial charge in [0, 0.05) is 6.07 Å². The van der Waals surface area contributed by atoms with Crippen molar-refractivity contribution in [3.63, 3.8) is 0 Å². The third kappa shape index (κ3) is 3.13. The predicted octanol–water partition coefficient (Wildman–Crippen LogP) is 2.70. The minimum absolute atomic E-state index is 0.269. The zero-order chi connectivity index (χ0) is 13.8. The summed E-state index contributed by atoms with van der Waals surface area (Å²) < 4.78 is 10.3. The molecule has 0 radical (unpaired) electrons. The van der Waals surface area contributed by atoms with Crippen LogP contribution in [0.15, 0.2) is 35.1 Å². The molecule has 19 heavy (non-hydrogen) atoms. The molecule has 1 aromatic heterocycles. The van der Waals surface area contributed by atoms with Gasteiger partial charge in [0.25, 0.3) is 5.91 Å². The van der Waals surface area contributed by atoms with Crippen LogP contribution in [0.3, 0.4) is 0 Å². The van der Waals surface area contributed by atoms with E-state index in [0.717, 1.165) is 11.1 Å². The Bertz CT molecular complexity index is 564. The van der Waals surface area contributed by atoms with E-state index in [4.69, 9.17) is 4.74 Å². The van der Waals surface area contributed by atoms with E-state index in [1.165, 1.54) is 6.26 Å². The van der Waals surface area contributed by atoms with Crippen LogP contribution in [0, 0.1) is 13.8 Å². The van der Waals surface area contributed by atoms with Crippen LogP contribution in [0.1, 0.15) is 18.1 Å². The van der Waals surface area contributed by atoms with Gasteiger partial charge in [-0.25, -0.2) is 0 Å². The third-order valence-corrected chi connectivity index (χ3v) is 2.92. The van der Waals surface area contributed by atoms with Crippen LogP contribution < -0.4 is 10.1 Å². The van der Waals surface area contributed by atoms with Gasteiger partial charge < -0.3 is 14.6 Å². The lowest BCUT2D eigenvalue weighted by atomic mass is 10.1. The van der Waals surface area contributed by atoms with Gasteiger partial charge >= 0.3 is 0 Å². The second kappa shape index (κ2) is 5.56. The first-order valence-corrected chi connectivity index (χ1v) is 6.02. The number of ether oxygens (including phenoxy) is 1. The smallest absolute Gasteiger partial charge is 0.266 e. The topological polar surface area (TPSA) is 64.4 Å². The van der Waals surface area contributed by atoms with E-state index in [0.29, 0.717) is 11.6 Å². The van der Waals surface area contributed by atoms with Crippen LogP contribution >= 0.6 is 0 Å². The molecule has 5 nitrogen and oxygen atoms in total. The molecule has 1 amide bonds. The molecule has 1 aromatic carbocycles. The molecular formula is C14H16N2O3. The minimum Gasteiger partial charge on any atom is -0.481 e. The van der Waals surface area contributed by atoms with Crippen LogP contribution in [0.2, 0.25) is 0 Å². The molecule has 0 fully saturated rings. The summed E-state index contributed by atoms with van der Waals surface area (Å²) in [4.78, 5) is 11.9. The average Bonchev–Trinajstić information content (AvgIpc) is 2.87. The van der Waals surface area contributed by atoms with Crippen molar-refractivity contribution in [3.05, 3.63) is 41.7 Å². The summed E-state index contributed by atoms with van der Waals surface area (Å²) in [7, 11) is 0. The van der Waals surface area contributed by atoms with Crippen LogP contribution in [-0.4, -0.2) is 17.2 Å². The number of nitrogens with zero attached hydrogens (tertiary/aromatic N) is 1. The number of amides is 1. The summed E-state index contributed by atoms with van der Waals surface area (Å²) in [6.45, 7) is 5.66. The highest BCUT2D eigenvalue weighted by Gasteiger charge is 2.17. The quantitative estimate of drug-likeness (QED) is 0.918. The highest BCUT2D eigenvalue weighted by molar-refractivity contribution is 5.93. The first-order valence-electron chi connectivity index (χ1n) is 6.02. The SMILES string of the molecule is Cc1cccc(O[C@@H](C)C(=O)Nc2ccon2)c1C. The average molecular weight is 260 g/mol. The molecule has 2 rings (SSSR count). The van der Waals surface area contributed by atoms with E-state index >= 15 is 0 Å². The van der Waals surface area contributed by atoms with Crippen molar-refractivity contribution in [1.82, 2.24) is 5.16 Å². The Labute approximate surface area is 111 Å². The maximum absolute atomic E-state index is 11.9. The number of aryl methyl sites for hydroxylation is 1. The predicted molar refractivity (Wildman–Crippen MR) is 71.1 cm³/mol. The highest BCUT2D eigenvalue weighted by atomic mass is 16.5. The lowest BCUT2D eigenvalue weighted by Crippen LogP contribution is -2.30. The molecule has 0 saturated carbocycles. The number of rotatable bonds is 4. The van der Waals surface area contributed by atoms with E-state index in [1.807, 2.05) is 32.0 Å². The van der Waals surface area contributed by atoms with E-state index < -0.39 is 6.10 Å². The summed E-state index contributed by atoms with van der Waals surface area (Å²) >= 11 is 0. The van der Waals surface area contributed by atoms with Crippen LogP contribution in [0.25, 0.3) is 0 Å². The molecule has 0 bridgehead atoms. The molecule has 0 unspecified atom stereocenters. The largest absolute Gasteiger partial charge is 0.481 e. The van der Waals surface area contributed by atoms with Crippen molar-refractivity contribution >= 4 is 11.7 Å². The standard InChI is InChI=1S/C14H16N2O3/c1-9-5-4-6-12(10(9)2)19-11(3)14(17)15-13-7-8-18-16-13/h4-8,11H,1-3H3,(H,15,16,17)/t11-/m0/s1. The van der Waals surface area contributed by atoms with E-state index in [2.05, 4.69) is 15.0 Å². The fourth-order valence-corrected chi connectivity index (χ4v) is 1.60. The van der Waals surface area contributed by atoms with Gasteiger partial charge in [0.1, 0.15) is 12.0 Å². The van der Waals surface area contributed by atoms with Crippen molar-refractivity contribution < 1.29 is 14.1 Å². The lowest BCUT2D eigenvalue weighted by Gasteiger charge is -2.16. The van der Waals surface area contributed by atoms with Crippen molar-refractivity contribution in [2.75, 3.05) is 5.32 Å². The molecule has 2 aromatic rings. The van der Waals surface area contributed by atoms with Crippen molar-refractivity contribution in [2.24, 2.45) is 0 Å². The summed E-state index contributed by atoms with van der Waals surface area (Å²) in [5, 5.41) is 6.22. The Hall–Kier alpha value is -2.30. The van der Waals surface area contributed by atoms with E-state index in [1.54, 1.807) is 13.0 Å². The fourth-order valence-electron chi connectivity index (χ4n) is 1.60. The van der Waals surface area contributed by atoms with Gasteiger partial charge in [-0.1, -0.05) is 17.3 Å². The van der Waals surface area contributed by atoms with Gasteiger partial charge in [0.2, 0.25) is 0 Å². The number of carbonyl (C=O) groups is 1. The number of benzene rings is 1. The number of hydrogen-bond acceptors (Lipinski definition) is 4. The molecule has 1 heterocycles. The third-order valence-electron chi connectivity index (χ3n) is 2.92. The number of aromatic nitrogens is 1. The maximum atomic E-state index is 11.9. The number of nitrogens with one attached hydrogen (secondary N) is 1. The normalized spacial score (nSPS) is 11.9. The van der Waals surface area contributed by atoms with Gasteiger partial charge in [-0.05, 0) is 38.0 Å². The first kappa shape index (κ1) is 13.1. The molecule has 0 aliphatic rings. The van der Waals surface area contributed by atoms with Gasteiger partial charge in [-0.3, -0.25) is 4.79 Å². The Balaban J connectivity index is 2.02. The van der Waals surface area contributed by atoms with Crippen LogP contribution in [0.5, 0.6) is 5.75 Å². The molecule has 1 atom stereocenters. The first-order chi connectivity index (χ1) is 9.08. The lowest BCUT2D eigenvalue weighted by molar-refractivity contribution is -0.122. The van der Waals surface area contributed by atoms with Crippen LogP contribution in [0.4, 0.5) is 5.82 Å². The fraction of sp³-hybridized carbons (Fsp3) is 0.286.